The normalized spacial score (nSPS) is 19.8. The van der Waals surface area contributed by atoms with Gasteiger partial charge in [0.25, 0.3) is 0 Å². The molecule has 0 saturated heterocycles. The molecule has 2 unspecified atom stereocenters. The van der Waals surface area contributed by atoms with Gasteiger partial charge in [0.1, 0.15) is 0 Å². The zero-order chi connectivity index (χ0) is 24.8. The SMILES string of the molecule is Cc1ccccc1NC(=O)N(CCOC1CCCC(OCc2cccc(C)c2C(=O)O)C1)C1CC1. The molecule has 4 rings (SSSR count). The maximum atomic E-state index is 12.9. The number of nitrogens with one attached hydrogen (secondary N) is 1. The zero-order valence-electron chi connectivity index (χ0n) is 20.7. The Morgan fingerprint density at radius 2 is 1.69 bits per heavy atom. The molecule has 2 saturated carbocycles. The number of aryl methyl sites for hydroxylation is 2. The van der Waals surface area contributed by atoms with Crippen LogP contribution in [0.5, 0.6) is 0 Å². The van der Waals surface area contributed by atoms with Crippen molar-refractivity contribution in [2.45, 2.75) is 77.2 Å². The van der Waals surface area contributed by atoms with Gasteiger partial charge in [-0.05, 0) is 75.1 Å². The van der Waals surface area contributed by atoms with E-state index in [4.69, 9.17) is 9.47 Å². The molecule has 2 N–H and O–H groups in total. The van der Waals surface area contributed by atoms with Crippen LogP contribution in [0.2, 0.25) is 0 Å². The molecule has 2 aliphatic rings. The van der Waals surface area contributed by atoms with Gasteiger partial charge in [0.05, 0.1) is 31.0 Å². The van der Waals surface area contributed by atoms with Crippen LogP contribution in [0.25, 0.3) is 0 Å². The van der Waals surface area contributed by atoms with Gasteiger partial charge in [-0.3, -0.25) is 0 Å². The van der Waals surface area contributed by atoms with Gasteiger partial charge in [0.15, 0.2) is 0 Å². The molecule has 0 aliphatic heterocycles. The highest BCUT2D eigenvalue weighted by Gasteiger charge is 2.33. The Morgan fingerprint density at radius 3 is 2.40 bits per heavy atom. The van der Waals surface area contributed by atoms with E-state index < -0.39 is 5.97 Å². The van der Waals surface area contributed by atoms with E-state index in [9.17, 15) is 14.7 Å². The average Bonchev–Trinajstić information content (AvgIpc) is 3.67. The molecule has 2 aromatic rings. The first-order chi connectivity index (χ1) is 16.9. The molecule has 188 valence electrons. The summed E-state index contributed by atoms with van der Waals surface area (Å²) in [5, 5.41) is 12.6. The van der Waals surface area contributed by atoms with Crippen molar-refractivity contribution < 1.29 is 24.2 Å². The maximum Gasteiger partial charge on any atom is 0.336 e. The van der Waals surface area contributed by atoms with Crippen molar-refractivity contribution in [1.29, 1.82) is 0 Å². The van der Waals surface area contributed by atoms with Gasteiger partial charge in [-0.1, -0.05) is 36.4 Å². The minimum absolute atomic E-state index is 0.0415. The summed E-state index contributed by atoms with van der Waals surface area (Å²) >= 11 is 0. The summed E-state index contributed by atoms with van der Waals surface area (Å²) in [7, 11) is 0. The first kappa shape index (κ1) is 25.2. The van der Waals surface area contributed by atoms with Crippen LogP contribution in [-0.2, 0) is 16.1 Å². The number of aromatic carboxylic acids is 1. The van der Waals surface area contributed by atoms with E-state index >= 15 is 0 Å². The fourth-order valence-corrected chi connectivity index (χ4v) is 4.82. The van der Waals surface area contributed by atoms with Crippen molar-refractivity contribution in [1.82, 2.24) is 4.90 Å². The third kappa shape index (κ3) is 6.83. The Morgan fingerprint density at radius 1 is 0.971 bits per heavy atom. The lowest BCUT2D eigenvalue weighted by Gasteiger charge is -2.30. The summed E-state index contributed by atoms with van der Waals surface area (Å²) in [5.41, 5.74) is 3.67. The Balaban J connectivity index is 1.25. The first-order valence-corrected chi connectivity index (χ1v) is 12.6. The van der Waals surface area contributed by atoms with Gasteiger partial charge < -0.3 is 24.8 Å². The Hall–Kier alpha value is -2.90. The summed E-state index contributed by atoms with van der Waals surface area (Å²) in [4.78, 5) is 26.4. The molecule has 0 heterocycles. The van der Waals surface area contributed by atoms with Crippen LogP contribution >= 0.6 is 0 Å². The molecule has 0 spiro atoms. The Labute approximate surface area is 207 Å². The molecule has 35 heavy (non-hydrogen) atoms. The molecule has 2 atom stereocenters. The lowest BCUT2D eigenvalue weighted by molar-refractivity contribution is -0.0524. The number of nitrogens with zero attached hydrogens (tertiary/aromatic N) is 1. The van der Waals surface area contributed by atoms with Gasteiger partial charge in [-0.2, -0.15) is 0 Å². The number of ether oxygens (including phenoxy) is 2. The lowest BCUT2D eigenvalue weighted by atomic mass is 9.94. The van der Waals surface area contributed by atoms with Crippen LogP contribution in [0.4, 0.5) is 10.5 Å². The van der Waals surface area contributed by atoms with Crippen molar-refractivity contribution in [3.63, 3.8) is 0 Å². The number of amides is 2. The molecule has 2 aromatic carbocycles. The maximum absolute atomic E-state index is 12.9. The van der Waals surface area contributed by atoms with Gasteiger partial charge in [-0.15, -0.1) is 0 Å². The largest absolute Gasteiger partial charge is 0.478 e. The van der Waals surface area contributed by atoms with Crippen molar-refractivity contribution in [2.75, 3.05) is 18.5 Å². The highest BCUT2D eigenvalue weighted by atomic mass is 16.5. The van der Waals surface area contributed by atoms with Crippen LogP contribution in [0.1, 0.15) is 65.6 Å². The van der Waals surface area contributed by atoms with Crippen LogP contribution in [0.15, 0.2) is 42.5 Å². The number of hydrogen-bond acceptors (Lipinski definition) is 4. The molecule has 7 heteroatoms. The van der Waals surface area contributed by atoms with Crippen molar-refractivity contribution >= 4 is 17.7 Å². The number of carboxylic acid groups (broad SMARTS) is 1. The zero-order valence-corrected chi connectivity index (χ0v) is 20.7. The number of carbonyl (C=O) groups is 2. The van der Waals surface area contributed by atoms with E-state index in [0.29, 0.717) is 30.3 Å². The second kappa shape index (κ2) is 11.7. The predicted octanol–water partition coefficient (Wildman–Crippen LogP) is 5.54. The number of anilines is 1. The predicted molar refractivity (Wildman–Crippen MR) is 135 cm³/mol. The van der Waals surface area contributed by atoms with E-state index in [1.807, 2.05) is 61.2 Å². The van der Waals surface area contributed by atoms with Crippen LogP contribution in [0, 0.1) is 13.8 Å². The molecule has 0 aromatic heterocycles. The number of para-hydroxylation sites is 1. The molecular weight excluding hydrogens is 444 g/mol. The third-order valence-corrected chi connectivity index (χ3v) is 6.95. The fraction of sp³-hybridized carbons (Fsp3) is 0.500. The van der Waals surface area contributed by atoms with Crippen molar-refractivity contribution in [3.8, 4) is 0 Å². The minimum atomic E-state index is -0.918. The number of carbonyl (C=O) groups excluding carboxylic acids is 1. The van der Waals surface area contributed by atoms with Gasteiger partial charge >= 0.3 is 12.0 Å². The smallest absolute Gasteiger partial charge is 0.336 e. The van der Waals surface area contributed by atoms with Crippen LogP contribution in [-0.4, -0.2) is 53.4 Å². The Bertz CT molecular complexity index is 1040. The van der Waals surface area contributed by atoms with Crippen molar-refractivity contribution in [2.24, 2.45) is 0 Å². The number of carboxylic acids is 1. The number of urea groups is 1. The molecule has 2 fully saturated rings. The van der Waals surface area contributed by atoms with E-state index in [1.165, 1.54) is 0 Å². The minimum Gasteiger partial charge on any atom is -0.478 e. The van der Waals surface area contributed by atoms with Gasteiger partial charge in [-0.25, -0.2) is 9.59 Å². The lowest BCUT2D eigenvalue weighted by Crippen LogP contribution is -2.40. The molecule has 0 radical (unpaired) electrons. The van der Waals surface area contributed by atoms with Crippen LogP contribution < -0.4 is 5.32 Å². The molecular formula is C28H36N2O5. The molecule has 2 aliphatic carbocycles. The standard InChI is InChI=1S/C28H36N2O5/c1-19-7-3-4-12-25(19)29-28(33)30(22-13-14-22)15-16-34-23-10-6-11-24(17-23)35-18-21-9-5-8-20(2)26(21)27(31)32/h3-5,7-9,12,22-24H,6,10-11,13-18H2,1-2H3,(H,29,33)(H,31,32). The van der Waals surface area contributed by atoms with Gasteiger partial charge in [0, 0.05) is 18.3 Å². The molecule has 7 nitrogen and oxygen atoms in total. The number of rotatable bonds is 10. The second-order valence-electron chi connectivity index (χ2n) is 9.68. The third-order valence-electron chi connectivity index (χ3n) is 6.95. The highest BCUT2D eigenvalue weighted by molar-refractivity contribution is 5.91. The number of hydrogen-bond donors (Lipinski definition) is 2. The summed E-state index contributed by atoms with van der Waals surface area (Å²) in [5.74, 6) is -0.918. The van der Waals surface area contributed by atoms with Crippen LogP contribution in [0.3, 0.4) is 0 Å². The average molecular weight is 481 g/mol. The fourth-order valence-electron chi connectivity index (χ4n) is 4.82. The first-order valence-electron chi connectivity index (χ1n) is 12.6. The van der Waals surface area contributed by atoms with E-state index in [-0.39, 0.29) is 24.8 Å². The summed E-state index contributed by atoms with van der Waals surface area (Å²) in [6, 6.07) is 13.5. The van der Waals surface area contributed by atoms with E-state index in [0.717, 1.165) is 55.3 Å². The van der Waals surface area contributed by atoms with Crippen molar-refractivity contribution in [3.05, 3.63) is 64.7 Å². The Kier molecular flexibility index (Phi) is 8.42. The highest BCUT2D eigenvalue weighted by Crippen LogP contribution is 2.29. The van der Waals surface area contributed by atoms with Gasteiger partial charge in [0.2, 0.25) is 0 Å². The molecule has 2 amide bonds. The molecule has 0 bridgehead atoms. The topological polar surface area (TPSA) is 88.1 Å². The summed E-state index contributed by atoms with van der Waals surface area (Å²) in [6.45, 7) is 5.15. The quantitative estimate of drug-likeness (QED) is 0.466. The summed E-state index contributed by atoms with van der Waals surface area (Å²) < 4.78 is 12.3. The van der Waals surface area contributed by atoms with E-state index in [1.54, 1.807) is 0 Å². The monoisotopic (exact) mass is 480 g/mol. The number of benzene rings is 2. The second-order valence-corrected chi connectivity index (χ2v) is 9.68. The summed E-state index contributed by atoms with van der Waals surface area (Å²) in [6.07, 6.45) is 5.92. The van der Waals surface area contributed by atoms with E-state index in [2.05, 4.69) is 5.32 Å².